The number of fused-ring (bicyclic) bond motifs is 1. The molecule has 1 aliphatic heterocycles. The van der Waals surface area contributed by atoms with Crippen LogP contribution < -0.4 is 15.0 Å². The summed E-state index contributed by atoms with van der Waals surface area (Å²) in [7, 11) is 0. The lowest BCUT2D eigenvalue weighted by molar-refractivity contribution is -0.129. The molecular weight excluding hydrogens is 340 g/mol. The minimum Gasteiger partial charge on any atom is -0.478 e. The first-order valence-corrected chi connectivity index (χ1v) is 9.39. The average molecular weight is 366 g/mol. The minimum atomic E-state index is -0.541. The van der Waals surface area contributed by atoms with E-state index >= 15 is 0 Å². The number of hydrogen-bond acceptors (Lipinski definition) is 3. The molecule has 0 saturated heterocycles. The van der Waals surface area contributed by atoms with Crippen LogP contribution in [0.3, 0.4) is 0 Å². The van der Waals surface area contributed by atoms with Crippen LogP contribution in [-0.4, -0.2) is 31.0 Å². The summed E-state index contributed by atoms with van der Waals surface area (Å²) in [6.07, 6.45) is 0.786. The summed E-state index contributed by atoms with van der Waals surface area (Å²) in [5, 5.41) is 2.92. The van der Waals surface area contributed by atoms with Gasteiger partial charge >= 0.3 is 0 Å². The van der Waals surface area contributed by atoms with E-state index in [1.165, 1.54) is 11.1 Å². The normalized spacial score (nSPS) is 15.9. The number of rotatable bonds is 6. The zero-order valence-corrected chi connectivity index (χ0v) is 16.1. The molecule has 0 aromatic heterocycles. The van der Waals surface area contributed by atoms with Crippen molar-refractivity contribution in [2.24, 2.45) is 0 Å². The fraction of sp³-hybridized carbons (Fsp3) is 0.364. The molecule has 2 amide bonds. The summed E-state index contributed by atoms with van der Waals surface area (Å²) in [5.41, 5.74) is 4.08. The van der Waals surface area contributed by atoms with Gasteiger partial charge in [-0.05, 0) is 49.9 Å². The lowest BCUT2D eigenvalue weighted by atomic mass is 10.1. The highest BCUT2D eigenvalue weighted by Crippen LogP contribution is 2.35. The summed E-state index contributed by atoms with van der Waals surface area (Å²) in [5.74, 6) is 0.323. The topological polar surface area (TPSA) is 58.6 Å². The van der Waals surface area contributed by atoms with Crippen LogP contribution in [0.5, 0.6) is 5.75 Å². The number of anilines is 1. The molecule has 0 saturated carbocycles. The summed E-state index contributed by atoms with van der Waals surface area (Å²) in [6.45, 7) is 6.45. The molecule has 5 heteroatoms. The van der Waals surface area contributed by atoms with Crippen LogP contribution in [0.1, 0.15) is 30.0 Å². The molecule has 3 rings (SSSR count). The third kappa shape index (κ3) is 4.48. The van der Waals surface area contributed by atoms with Crippen LogP contribution in [0.15, 0.2) is 42.5 Å². The number of hydrogen-bond donors (Lipinski definition) is 1. The predicted molar refractivity (Wildman–Crippen MR) is 106 cm³/mol. The standard InChI is InChI=1S/C22H26N2O3/c1-4-19-22(26)24(18-13-16(3)7-10-20(18)27-19)14-21(25)23-12-11-17-8-5-15(2)6-9-17/h5-10,13,19H,4,11-12,14H2,1-3H3,(H,23,25)/t19-/m1/s1. The molecule has 1 atom stereocenters. The van der Waals surface area contributed by atoms with Gasteiger partial charge in [-0.25, -0.2) is 0 Å². The third-order valence-electron chi connectivity index (χ3n) is 4.74. The van der Waals surface area contributed by atoms with Gasteiger partial charge in [0.2, 0.25) is 5.91 Å². The molecule has 2 aromatic carbocycles. The van der Waals surface area contributed by atoms with Gasteiger partial charge in [-0.2, -0.15) is 0 Å². The van der Waals surface area contributed by atoms with Crippen LogP contribution in [0, 0.1) is 13.8 Å². The Morgan fingerprint density at radius 2 is 1.81 bits per heavy atom. The first-order valence-electron chi connectivity index (χ1n) is 9.39. The Bertz CT molecular complexity index is 830. The maximum atomic E-state index is 12.7. The molecule has 0 radical (unpaired) electrons. The quantitative estimate of drug-likeness (QED) is 0.854. The highest BCUT2D eigenvalue weighted by Gasteiger charge is 2.34. The smallest absolute Gasteiger partial charge is 0.268 e. The summed E-state index contributed by atoms with van der Waals surface area (Å²) >= 11 is 0. The van der Waals surface area contributed by atoms with Crippen molar-refractivity contribution in [2.75, 3.05) is 18.0 Å². The van der Waals surface area contributed by atoms with Crippen molar-refractivity contribution >= 4 is 17.5 Å². The third-order valence-corrected chi connectivity index (χ3v) is 4.74. The van der Waals surface area contributed by atoms with E-state index in [4.69, 9.17) is 4.74 Å². The molecule has 5 nitrogen and oxygen atoms in total. The van der Waals surface area contributed by atoms with E-state index < -0.39 is 6.10 Å². The van der Waals surface area contributed by atoms with Gasteiger partial charge in [-0.3, -0.25) is 14.5 Å². The second kappa shape index (κ2) is 8.25. The fourth-order valence-corrected chi connectivity index (χ4v) is 3.16. The predicted octanol–water partition coefficient (Wildman–Crippen LogP) is 3.17. The molecule has 0 aliphatic carbocycles. The summed E-state index contributed by atoms with van der Waals surface area (Å²) in [6, 6.07) is 14.0. The van der Waals surface area contributed by atoms with Gasteiger partial charge in [-0.15, -0.1) is 0 Å². The van der Waals surface area contributed by atoms with E-state index in [0.29, 0.717) is 24.4 Å². The average Bonchev–Trinajstić information content (AvgIpc) is 2.65. The Labute approximate surface area is 160 Å². The van der Waals surface area contributed by atoms with Gasteiger partial charge in [0, 0.05) is 6.54 Å². The number of aryl methyl sites for hydroxylation is 2. The zero-order valence-electron chi connectivity index (χ0n) is 16.1. The highest BCUT2D eigenvalue weighted by molar-refractivity contribution is 6.03. The Morgan fingerprint density at radius 3 is 2.52 bits per heavy atom. The van der Waals surface area contributed by atoms with Gasteiger partial charge in [0.1, 0.15) is 12.3 Å². The van der Waals surface area contributed by atoms with Crippen molar-refractivity contribution in [3.05, 3.63) is 59.2 Å². The van der Waals surface area contributed by atoms with E-state index in [-0.39, 0.29) is 18.4 Å². The van der Waals surface area contributed by atoms with Crippen LogP contribution in [-0.2, 0) is 16.0 Å². The maximum Gasteiger partial charge on any atom is 0.268 e. The second-order valence-electron chi connectivity index (χ2n) is 7.00. The van der Waals surface area contributed by atoms with Crippen molar-refractivity contribution in [1.82, 2.24) is 5.32 Å². The van der Waals surface area contributed by atoms with Crippen molar-refractivity contribution in [3.63, 3.8) is 0 Å². The number of amides is 2. The Kier molecular flexibility index (Phi) is 5.79. The molecule has 1 aliphatic rings. The molecule has 0 fully saturated rings. The Balaban J connectivity index is 1.64. The second-order valence-corrected chi connectivity index (χ2v) is 7.00. The van der Waals surface area contributed by atoms with Crippen molar-refractivity contribution < 1.29 is 14.3 Å². The van der Waals surface area contributed by atoms with Crippen LogP contribution in [0.4, 0.5) is 5.69 Å². The van der Waals surface area contributed by atoms with Gasteiger partial charge in [0.25, 0.3) is 5.91 Å². The lowest BCUT2D eigenvalue weighted by Crippen LogP contribution is -2.49. The van der Waals surface area contributed by atoms with Crippen molar-refractivity contribution in [2.45, 2.75) is 39.7 Å². The largest absolute Gasteiger partial charge is 0.478 e. The first-order chi connectivity index (χ1) is 13.0. The van der Waals surface area contributed by atoms with E-state index in [1.807, 2.05) is 39.0 Å². The number of carbonyl (C=O) groups excluding carboxylic acids is 2. The van der Waals surface area contributed by atoms with E-state index in [2.05, 4.69) is 29.6 Å². The monoisotopic (exact) mass is 366 g/mol. The van der Waals surface area contributed by atoms with Crippen molar-refractivity contribution in [1.29, 1.82) is 0 Å². The maximum absolute atomic E-state index is 12.7. The Morgan fingerprint density at radius 1 is 1.11 bits per heavy atom. The molecule has 1 N–H and O–H groups in total. The molecule has 0 spiro atoms. The fourth-order valence-electron chi connectivity index (χ4n) is 3.16. The van der Waals surface area contributed by atoms with Crippen LogP contribution in [0.25, 0.3) is 0 Å². The van der Waals surface area contributed by atoms with Crippen molar-refractivity contribution in [3.8, 4) is 5.75 Å². The highest BCUT2D eigenvalue weighted by atomic mass is 16.5. The van der Waals surface area contributed by atoms with E-state index in [1.54, 1.807) is 4.90 Å². The van der Waals surface area contributed by atoms with E-state index in [0.717, 1.165) is 12.0 Å². The molecule has 2 aromatic rings. The van der Waals surface area contributed by atoms with E-state index in [9.17, 15) is 9.59 Å². The lowest BCUT2D eigenvalue weighted by Gasteiger charge is -2.33. The van der Waals surface area contributed by atoms with Crippen LogP contribution in [0.2, 0.25) is 0 Å². The molecule has 142 valence electrons. The number of nitrogens with zero attached hydrogens (tertiary/aromatic N) is 1. The molecular formula is C22H26N2O3. The summed E-state index contributed by atoms with van der Waals surface area (Å²) < 4.78 is 5.79. The van der Waals surface area contributed by atoms with Crippen LogP contribution >= 0.6 is 0 Å². The van der Waals surface area contributed by atoms with Gasteiger partial charge in [0.15, 0.2) is 6.10 Å². The molecule has 0 unspecified atom stereocenters. The number of ether oxygens (including phenoxy) is 1. The molecule has 27 heavy (non-hydrogen) atoms. The van der Waals surface area contributed by atoms with Gasteiger partial charge < -0.3 is 10.1 Å². The number of nitrogens with one attached hydrogen (secondary N) is 1. The Hall–Kier alpha value is -2.82. The first kappa shape index (κ1) is 19.0. The number of carbonyl (C=O) groups is 2. The number of benzene rings is 2. The van der Waals surface area contributed by atoms with Gasteiger partial charge in [-0.1, -0.05) is 42.8 Å². The summed E-state index contributed by atoms with van der Waals surface area (Å²) in [4.78, 5) is 26.7. The molecule has 1 heterocycles. The minimum absolute atomic E-state index is 0.00302. The molecule has 0 bridgehead atoms. The zero-order chi connectivity index (χ0) is 19.4. The van der Waals surface area contributed by atoms with Gasteiger partial charge in [0.05, 0.1) is 5.69 Å². The SMILES string of the molecule is CC[C@H]1Oc2ccc(C)cc2N(CC(=O)NCCc2ccc(C)cc2)C1=O.